The average Bonchev–Trinajstić information content (AvgIpc) is 2.42. The molecule has 1 unspecified atom stereocenters. The van der Waals surface area contributed by atoms with Crippen molar-refractivity contribution in [2.45, 2.75) is 6.04 Å². The van der Waals surface area contributed by atoms with Gasteiger partial charge in [-0.15, -0.1) is 0 Å². The van der Waals surface area contributed by atoms with Gasteiger partial charge in [-0.25, -0.2) is 4.39 Å². The number of aromatic nitrogens is 1. The summed E-state index contributed by atoms with van der Waals surface area (Å²) in [7, 11) is 0. The molecule has 0 saturated heterocycles. The van der Waals surface area contributed by atoms with Gasteiger partial charge < -0.3 is 5.32 Å². The van der Waals surface area contributed by atoms with E-state index in [-0.39, 0.29) is 12.7 Å². The Balaban J connectivity index is 2.26. The van der Waals surface area contributed by atoms with Crippen LogP contribution in [0.1, 0.15) is 17.2 Å². The highest BCUT2D eigenvalue weighted by molar-refractivity contribution is 5.30. The molecule has 0 bridgehead atoms. The molecule has 88 valence electrons. The summed E-state index contributed by atoms with van der Waals surface area (Å²) in [5.74, 6) is 0. The maximum atomic E-state index is 12.3. The van der Waals surface area contributed by atoms with Crippen LogP contribution in [-0.4, -0.2) is 18.2 Å². The fourth-order valence-electron chi connectivity index (χ4n) is 1.83. The lowest BCUT2D eigenvalue weighted by atomic mass is 10.00. The van der Waals surface area contributed by atoms with E-state index in [0.717, 1.165) is 11.1 Å². The molecule has 0 aliphatic rings. The SMILES string of the molecule is FCCNC(c1ccccc1)c1ccncc1. The highest BCUT2D eigenvalue weighted by atomic mass is 19.1. The average molecular weight is 230 g/mol. The summed E-state index contributed by atoms with van der Waals surface area (Å²) in [5.41, 5.74) is 2.23. The Kier molecular flexibility index (Phi) is 4.22. The number of nitrogens with zero attached hydrogens (tertiary/aromatic N) is 1. The molecule has 2 nitrogen and oxygen atoms in total. The number of nitrogens with one attached hydrogen (secondary N) is 1. The van der Waals surface area contributed by atoms with E-state index < -0.39 is 0 Å². The van der Waals surface area contributed by atoms with Crippen LogP contribution in [0.5, 0.6) is 0 Å². The monoisotopic (exact) mass is 230 g/mol. The topological polar surface area (TPSA) is 24.9 Å². The van der Waals surface area contributed by atoms with E-state index in [9.17, 15) is 4.39 Å². The van der Waals surface area contributed by atoms with Gasteiger partial charge in [0.25, 0.3) is 0 Å². The molecular formula is C14H15FN2. The number of hydrogen-bond donors (Lipinski definition) is 1. The van der Waals surface area contributed by atoms with Gasteiger partial charge in [0, 0.05) is 18.9 Å². The Morgan fingerprint density at radius 1 is 1.00 bits per heavy atom. The first-order valence-corrected chi connectivity index (χ1v) is 5.66. The van der Waals surface area contributed by atoms with Crippen molar-refractivity contribution in [2.24, 2.45) is 0 Å². The summed E-state index contributed by atoms with van der Waals surface area (Å²) in [4.78, 5) is 4.00. The highest BCUT2D eigenvalue weighted by Gasteiger charge is 2.12. The van der Waals surface area contributed by atoms with Gasteiger partial charge >= 0.3 is 0 Å². The summed E-state index contributed by atoms with van der Waals surface area (Å²) in [6.45, 7) is -0.0176. The second kappa shape index (κ2) is 6.11. The molecule has 1 aromatic carbocycles. The zero-order chi connectivity index (χ0) is 11.9. The van der Waals surface area contributed by atoms with Gasteiger partial charge in [0.2, 0.25) is 0 Å². The molecule has 0 aliphatic carbocycles. The van der Waals surface area contributed by atoms with E-state index in [1.807, 2.05) is 42.5 Å². The van der Waals surface area contributed by atoms with Crippen LogP contribution in [-0.2, 0) is 0 Å². The Morgan fingerprint density at radius 3 is 2.29 bits per heavy atom. The standard InChI is InChI=1S/C14H15FN2/c15-8-11-17-14(12-4-2-1-3-5-12)13-6-9-16-10-7-13/h1-7,9-10,14,17H,8,11H2. The van der Waals surface area contributed by atoms with E-state index in [4.69, 9.17) is 0 Å². The van der Waals surface area contributed by atoms with E-state index in [2.05, 4.69) is 10.3 Å². The van der Waals surface area contributed by atoms with Crippen LogP contribution in [0, 0.1) is 0 Å². The van der Waals surface area contributed by atoms with Crippen molar-refractivity contribution in [3.05, 3.63) is 66.0 Å². The summed E-state index contributed by atoms with van der Waals surface area (Å²) >= 11 is 0. The fraction of sp³-hybridized carbons (Fsp3) is 0.214. The van der Waals surface area contributed by atoms with Crippen LogP contribution in [0.15, 0.2) is 54.9 Å². The predicted octanol–water partition coefficient (Wildman–Crippen LogP) is 2.73. The third-order valence-corrected chi connectivity index (χ3v) is 2.62. The summed E-state index contributed by atoms with van der Waals surface area (Å²) in [6, 6.07) is 13.9. The van der Waals surface area contributed by atoms with E-state index in [0.29, 0.717) is 6.54 Å². The molecule has 0 fully saturated rings. The van der Waals surface area contributed by atoms with Crippen molar-refractivity contribution < 1.29 is 4.39 Å². The minimum absolute atomic E-state index is 0.0231. The normalized spacial score (nSPS) is 12.3. The lowest BCUT2D eigenvalue weighted by molar-refractivity contribution is 0.451. The molecule has 1 N–H and O–H groups in total. The van der Waals surface area contributed by atoms with Crippen molar-refractivity contribution >= 4 is 0 Å². The van der Waals surface area contributed by atoms with Crippen LogP contribution in [0.2, 0.25) is 0 Å². The van der Waals surface area contributed by atoms with E-state index in [1.165, 1.54) is 0 Å². The van der Waals surface area contributed by atoms with Crippen molar-refractivity contribution in [2.75, 3.05) is 13.2 Å². The Labute approximate surface area is 101 Å². The molecule has 1 atom stereocenters. The van der Waals surface area contributed by atoms with Crippen LogP contribution < -0.4 is 5.32 Å². The van der Waals surface area contributed by atoms with E-state index >= 15 is 0 Å². The first-order valence-electron chi connectivity index (χ1n) is 5.66. The maximum absolute atomic E-state index is 12.3. The van der Waals surface area contributed by atoms with Crippen LogP contribution >= 0.6 is 0 Å². The number of halogens is 1. The third-order valence-electron chi connectivity index (χ3n) is 2.62. The Hall–Kier alpha value is -1.74. The first kappa shape index (κ1) is 11.7. The zero-order valence-corrected chi connectivity index (χ0v) is 9.51. The quantitative estimate of drug-likeness (QED) is 0.854. The molecule has 0 aliphatic heterocycles. The van der Waals surface area contributed by atoms with Crippen molar-refractivity contribution in [3.63, 3.8) is 0 Å². The van der Waals surface area contributed by atoms with Crippen LogP contribution in [0.3, 0.4) is 0 Å². The minimum Gasteiger partial charge on any atom is -0.304 e. The first-order chi connectivity index (χ1) is 8.42. The molecule has 1 heterocycles. The zero-order valence-electron chi connectivity index (χ0n) is 9.51. The molecule has 0 radical (unpaired) electrons. The number of hydrogen-bond acceptors (Lipinski definition) is 2. The number of pyridine rings is 1. The maximum Gasteiger partial charge on any atom is 0.102 e. The van der Waals surface area contributed by atoms with Gasteiger partial charge in [-0.3, -0.25) is 4.98 Å². The van der Waals surface area contributed by atoms with Gasteiger partial charge in [-0.2, -0.15) is 0 Å². The van der Waals surface area contributed by atoms with Crippen molar-refractivity contribution in [3.8, 4) is 0 Å². The molecule has 3 heteroatoms. The Bertz CT molecular complexity index is 391. The fourth-order valence-corrected chi connectivity index (χ4v) is 1.83. The molecule has 1 aromatic heterocycles. The summed E-state index contributed by atoms with van der Waals surface area (Å²) in [5, 5.41) is 3.20. The molecule has 2 rings (SSSR count). The molecule has 0 saturated carbocycles. The molecule has 0 amide bonds. The summed E-state index contributed by atoms with van der Waals surface area (Å²) in [6.07, 6.45) is 3.50. The van der Waals surface area contributed by atoms with Crippen molar-refractivity contribution in [1.29, 1.82) is 0 Å². The third kappa shape index (κ3) is 3.11. The van der Waals surface area contributed by atoms with Crippen molar-refractivity contribution in [1.82, 2.24) is 10.3 Å². The van der Waals surface area contributed by atoms with Gasteiger partial charge in [0.15, 0.2) is 0 Å². The second-order valence-corrected chi connectivity index (χ2v) is 3.77. The lowest BCUT2D eigenvalue weighted by Crippen LogP contribution is -2.24. The molecule has 0 spiro atoms. The number of benzene rings is 1. The second-order valence-electron chi connectivity index (χ2n) is 3.77. The highest BCUT2D eigenvalue weighted by Crippen LogP contribution is 2.20. The van der Waals surface area contributed by atoms with Crippen LogP contribution in [0.4, 0.5) is 4.39 Å². The number of rotatable bonds is 5. The summed E-state index contributed by atoms with van der Waals surface area (Å²) < 4.78 is 12.3. The molecule has 2 aromatic rings. The van der Waals surface area contributed by atoms with Gasteiger partial charge in [0.05, 0.1) is 6.04 Å². The number of alkyl halides is 1. The predicted molar refractivity (Wildman–Crippen MR) is 66.5 cm³/mol. The van der Waals surface area contributed by atoms with Gasteiger partial charge in [-0.1, -0.05) is 30.3 Å². The van der Waals surface area contributed by atoms with E-state index in [1.54, 1.807) is 12.4 Å². The van der Waals surface area contributed by atoms with Gasteiger partial charge in [-0.05, 0) is 23.3 Å². The Morgan fingerprint density at radius 2 is 1.65 bits per heavy atom. The van der Waals surface area contributed by atoms with Gasteiger partial charge in [0.1, 0.15) is 6.67 Å². The van der Waals surface area contributed by atoms with Crippen LogP contribution in [0.25, 0.3) is 0 Å². The molecule has 17 heavy (non-hydrogen) atoms. The minimum atomic E-state index is -0.367. The largest absolute Gasteiger partial charge is 0.304 e. The lowest BCUT2D eigenvalue weighted by Gasteiger charge is -2.18. The smallest absolute Gasteiger partial charge is 0.102 e. The molecular weight excluding hydrogens is 215 g/mol.